The van der Waals surface area contributed by atoms with Gasteiger partial charge in [0, 0.05) is 0 Å². The van der Waals surface area contributed by atoms with E-state index in [1.807, 2.05) is 12.1 Å². The third kappa shape index (κ3) is 2.57. The van der Waals surface area contributed by atoms with Crippen molar-refractivity contribution >= 4 is 0 Å². The molecule has 2 heteroatoms. The first-order valence-electron chi connectivity index (χ1n) is 5.72. The largest absolute Gasteiger partial charge is 0.317 e. The fourth-order valence-electron chi connectivity index (χ4n) is 2.19. The molecule has 1 fully saturated rings. The summed E-state index contributed by atoms with van der Waals surface area (Å²) < 4.78 is 13.0. The first-order chi connectivity index (χ1) is 7.27. The molecule has 0 radical (unpaired) electrons. The number of rotatable bonds is 2. The van der Waals surface area contributed by atoms with Crippen LogP contribution in [-0.2, 0) is 0 Å². The van der Waals surface area contributed by atoms with Crippen molar-refractivity contribution in [2.45, 2.75) is 31.9 Å². The zero-order chi connectivity index (χ0) is 10.7. The van der Waals surface area contributed by atoms with Gasteiger partial charge < -0.3 is 5.32 Å². The van der Waals surface area contributed by atoms with Crippen molar-refractivity contribution in [3.63, 3.8) is 0 Å². The molecule has 1 atom stereocenters. The Kier molecular flexibility index (Phi) is 3.37. The van der Waals surface area contributed by atoms with Gasteiger partial charge in [-0.2, -0.15) is 0 Å². The summed E-state index contributed by atoms with van der Waals surface area (Å²) >= 11 is 0. The SMILES string of the molecule is CC(F)c1ccc(C2CCNCC2)cc1. The number of hydrogen-bond acceptors (Lipinski definition) is 1. The molecule has 1 N–H and O–H groups in total. The Labute approximate surface area is 90.7 Å². The Morgan fingerprint density at radius 2 is 1.80 bits per heavy atom. The molecule has 82 valence electrons. The Bertz CT molecular complexity index is 299. The second-order valence-electron chi connectivity index (χ2n) is 4.31. The van der Waals surface area contributed by atoms with Gasteiger partial charge in [-0.3, -0.25) is 0 Å². The van der Waals surface area contributed by atoms with Crippen molar-refractivity contribution in [3.05, 3.63) is 35.4 Å². The molecule has 1 aliphatic heterocycles. The lowest BCUT2D eigenvalue weighted by Gasteiger charge is -2.23. The maximum absolute atomic E-state index is 13.0. The fourth-order valence-corrected chi connectivity index (χ4v) is 2.19. The summed E-state index contributed by atoms with van der Waals surface area (Å²) in [6, 6.07) is 8.01. The minimum Gasteiger partial charge on any atom is -0.317 e. The molecule has 1 aromatic rings. The average Bonchev–Trinajstić information content (AvgIpc) is 2.30. The van der Waals surface area contributed by atoms with Crippen LogP contribution in [0.15, 0.2) is 24.3 Å². The molecule has 0 bridgehead atoms. The summed E-state index contributed by atoms with van der Waals surface area (Å²) in [5.41, 5.74) is 2.15. The van der Waals surface area contributed by atoms with Gasteiger partial charge >= 0.3 is 0 Å². The number of piperidine rings is 1. The Morgan fingerprint density at radius 1 is 1.20 bits per heavy atom. The van der Waals surface area contributed by atoms with E-state index in [-0.39, 0.29) is 0 Å². The topological polar surface area (TPSA) is 12.0 Å². The molecular weight excluding hydrogens is 189 g/mol. The standard InChI is InChI=1S/C13H18FN/c1-10(14)11-2-4-12(5-3-11)13-6-8-15-9-7-13/h2-5,10,13,15H,6-9H2,1H3. The third-order valence-corrected chi connectivity index (χ3v) is 3.21. The second-order valence-corrected chi connectivity index (χ2v) is 4.31. The average molecular weight is 207 g/mol. The van der Waals surface area contributed by atoms with E-state index < -0.39 is 6.17 Å². The van der Waals surface area contributed by atoms with E-state index in [0.717, 1.165) is 18.7 Å². The highest BCUT2D eigenvalue weighted by Gasteiger charge is 2.15. The van der Waals surface area contributed by atoms with Crippen molar-refractivity contribution in [1.82, 2.24) is 5.32 Å². The van der Waals surface area contributed by atoms with Gasteiger partial charge in [0.25, 0.3) is 0 Å². The van der Waals surface area contributed by atoms with Crippen LogP contribution in [0.2, 0.25) is 0 Å². The Morgan fingerprint density at radius 3 is 2.33 bits per heavy atom. The molecule has 0 saturated carbocycles. The molecule has 15 heavy (non-hydrogen) atoms. The highest BCUT2D eigenvalue weighted by molar-refractivity contribution is 5.26. The van der Waals surface area contributed by atoms with E-state index in [2.05, 4.69) is 17.4 Å². The van der Waals surface area contributed by atoms with E-state index in [1.165, 1.54) is 18.4 Å². The van der Waals surface area contributed by atoms with Crippen LogP contribution >= 0.6 is 0 Å². The van der Waals surface area contributed by atoms with Gasteiger partial charge in [-0.05, 0) is 49.9 Å². The molecule has 1 aliphatic rings. The smallest absolute Gasteiger partial charge is 0.122 e. The lowest BCUT2D eigenvalue weighted by Crippen LogP contribution is -2.26. The van der Waals surface area contributed by atoms with Crippen LogP contribution in [0.25, 0.3) is 0 Å². The zero-order valence-electron chi connectivity index (χ0n) is 9.17. The van der Waals surface area contributed by atoms with E-state index >= 15 is 0 Å². The summed E-state index contributed by atoms with van der Waals surface area (Å²) in [5.74, 6) is 0.662. The molecule has 1 unspecified atom stereocenters. The third-order valence-electron chi connectivity index (χ3n) is 3.21. The summed E-state index contributed by atoms with van der Waals surface area (Å²) in [6.45, 7) is 3.79. The summed E-state index contributed by atoms with van der Waals surface area (Å²) in [6.07, 6.45) is 1.54. The van der Waals surface area contributed by atoms with Crippen molar-refractivity contribution in [3.8, 4) is 0 Å². The minimum absolute atomic E-state index is 0.662. The van der Waals surface area contributed by atoms with E-state index in [9.17, 15) is 4.39 Å². The monoisotopic (exact) mass is 207 g/mol. The molecule has 2 rings (SSSR count). The quantitative estimate of drug-likeness (QED) is 0.785. The second kappa shape index (κ2) is 4.75. The molecule has 1 heterocycles. The first-order valence-corrected chi connectivity index (χ1v) is 5.72. The van der Waals surface area contributed by atoms with E-state index in [4.69, 9.17) is 0 Å². The molecule has 0 aromatic heterocycles. The number of halogens is 1. The lowest BCUT2D eigenvalue weighted by molar-refractivity contribution is 0.374. The van der Waals surface area contributed by atoms with Crippen LogP contribution < -0.4 is 5.32 Å². The highest BCUT2D eigenvalue weighted by atomic mass is 19.1. The van der Waals surface area contributed by atoms with Gasteiger partial charge in [-0.1, -0.05) is 24.3 Å². The number of alkyl halides is 1. The maximum atomic E-state index is 13.0. The molecule has 0 amide bonds. The van der Waals surface area contributed by atoms with Crippen LogP contribution in [0.4, 0.5) is 4.39 Å². The van der Waals surface area contributed by atoms with E-state index in [1.54, 1.807) is 6.92 Å². The summed E-state index contributed by atoms with van der Waals surface area (Å²) in [4.78, 5) is 0. The van der Waals surface area contributed by atoms with Gasteiger partial charge in [0.15, 0.2) is 0 Å². The van der Waals surface area contributed by atoms with Crippen LogP contribution in [0.5, 0.6) is 0 Å². The maximum Gasteiger partial charge on any atom is 0.122 e. The molecule has 0 spiro atoms. The number of hydrogen-bond donors (Lipinski definition) is 1. The van der Waals surface area contributed by atoms with Crippen molar-refractivity contribution in [1.29, 1.82) is 0 Å². The van der Waals surface area contributed by atoms with Gasteiger partial charge in [-0.15, -0.1) is 0 Å². The molecular formula is C13H18FN. The van der Waals surface area contributed by atoms with Crippen molar-refractivity contribution < 1.29 is 4.39 Å². The van der Waals surface area contributed by atoms with Gasteiger partial charge in [0.1, 0.15) is 6.17 Å². The van der Waals surface area contributed by atoms with Crippen molar-refractivity contribution in [2.24, 2.45) is 0 Å². The van der Waals surface area contributed by atoms with Crippen molar-refractivity contribution in [2.75, 3.05) is 13.1 Å². The summed E-state index contributed by atoms with van der Waals surface area (Å²) in [5, 5.41) is 3.35. The van der Waals surface area contributed by atoms with Crippen LogP contribution in [0.1, 0.15) is 43.0 Å². The predicted octanol–water partition coefficient (Wildman–Crippen LogP) is 3.18. The zero-order valence-corrected chi connectivity index (χ0v) is 9.17. The van der Waals surface area contributed by atoms with Gasteiger partial charge in [0.05, 0.1) is 0 Å². The first kappa shape index (κ1) is 10.6. The molecule has 1 aromatic carbocycles. The van der Waals surface area contributed by atoms with Gasteiger partial charge in [-0.25, -0.2) is 4.39 Å². The summed E-state index contributed by atoms with van der Waals surface area (Å²) in [7, 11) is 0. The minimum atomic E-state index is -0.855. The lowest BCUT2D eigenvalue weighted by atomic mass is 9.89. The van der Waals surface area contributed by atoms with Crippen LogP contribution in [0.3, 0.4) is 0 Å². The van der Waals surface area contributed by atoms with Crippen LogP contribution in [-0.4, -0.2) is 13.1 Å². The predicted molar refractivity (Wildman–Crippen MR) is 60.8 cm³/mol. The number of nitrogens with one attached hydrogen (secondary N) is 1. The molecule has 1 saturated heterocycles. The fraction of sp³-hybridized carbons (Fsp3) is 0.538. The van der Waals surface area contributed by atoms with E-state index in [0.29, 0.717) is 5.92 Å². The van der Waals surface area contributed by atoms with Crippen LogP contribution in [0, 0.1) is 0 Å². The number of benzene rings is 1. The normalized spacial score (nSPS) is 20.1. The molecule has 1 nitrogen and oxygen atoms in total. The highest BCUT2D eigenvalue weighted by Crippen LogP contribution is 2.26. The van der Waals surface area contributed by atoms with Gasteiger partial charge in [0.2, 0.25) is 0 Å². The Hall–Kier alpha value is -0.890. The molecule has 0 aliphatic carbocycles. The Balaban J connectivity index is 2.08.